The summed E-state index contributed by atoms with van der Waals surface area (Å²) in [4.78, 5) is 0. The third-order valence-electron chi connectivity index (χ3n) is 4.56. The Morgan fingerprint density at radius 3 is 2.84 bits per heavy atom. The zero-order valence-electron chi connectivity index (χ0n) is 12.7. The van der Waals surface area contributed by atoms with E-state index in [0.29, 0.717) is 0 Å². The van der Waals surface area contributed by atoms with Gasteiger partial charge >= 0.3 is 0 Å². The van der Waals surface area contributed by atoms with Crippen molar-refractivity contribution in [2.75, 3.05) is 6.54 Å². The number of hydrogen-bond acceptors (Lipinski definition) is 2. The van der Waals surface area contributed by atoms with Gasteiger partial charge in [0, 0.05) is 19.3 Å². The van der Waals surface area contributed by atoms with Crippen molar-refractivity contribution in [1.29, 1.82) is 0 Å². The maximum Gasteiger partial charge on any atom is 0.0522 e. The fourth-order valence-corrected chi connectivity index (χ4v) is 3.22. The first-order valence-electron chi connectivity index (χ1n) is 7.86. The van der Waals surface area contributed by atoms with Gasteiger partial charge < -0.3 is 5.32 Å². The van der Waals surface area contributed by atoms with E-state index in [4.69, 9.17) is 0 Å². The number of aromatic nitrogens is 2. The highest BCUT2D eigenvalue weighted by Crippen LogP contribution is 2.28. The summed E-state index contributed by atoms with van der Waals surface area (Å²) in [5.41, 5.74) is 1.34. The van der Waals surface area contributed by atoms with E-state index in [1.807, 2.05) is 17.9 Å². The molecule has 2 atom stereocenters. The molecule has 1 saturated carbocycles. The minimum Gasteiger partial charge on any atom is -0.314 e. The monoisotopic (exact) mass is 263 g/mol. The van der Waals surface area contributed by atoms with Crippen LogP contribution in [-0.4, -0.2) is 22.4 Å². The van der Waals surface area contributed by atoms with E-state index >= 15 is 0 Å². The normalized spacial score (nSPS) is 24.6. The molecule has 2 rings (SSSR count). The molecule has 3 heteroatoms. The van der Waals surface area contributed by atoms with Gasteiger partial charge in [-0.05, 0) is 49.6 Å². The van der Waals surface area contributed by atoms with E-state index in [0.717, 1.165) is 30.8 Å². The molecule has 1 fully saturated rings. The van der Waals surface area contributed by atoms with Gasteiger partial charge in [-0.2, -0.15) is 5.10 Å². The van der Waals surface area contributed by atoms with Gasteiger partial charge in [-0.25, -0.2) is 0 Å². The Labute approximate surface area is 117 Å². The van der Waals surface area contributed by atoms with E-state index in [1.165, 1.54) is 37.7 Å². The van der Waals surface area contributed by atoms with Gasteiger partial charge in [0.2, 0.25) is 0 Å². The number of nitrogens with one attached hydrogen (secondary N) is 1. The second-order valence-corrected chi connectivity index (χ2v) is 6.44. The summed E-state index contributed by atoms with van der Waals surface area (Å²) in [5.74, 6) is 1.80. The van der Waals surface area contributed by atoms with Crippen LogP contribution in [0.25, 0.3) is 0 Å². The molecule has 0 radical (unpaired) electrons. The lowest BCUT2D eigenvalue weighted by Crippen LogP contribution is -2.30. The van der Waals surface area contributed by atoms with Crippen LogP contribution < -0.4 is 5.32 Å². The number of hydrogen-bond donors (Lipinski definition) is 1. The summed E-state index contributed by atoms with van der Waals surface area (Å²) in [6.07, 6.45) is 12.1. The molecule has 1 aliphatic carbocycles. The maximum absolute atomic E-state index is 4.22. The van der Waals surface area contributed by atoms with Crippen LogP contribution in [0.1, 0.15) is 51.5 Å². The van der Waals surface area contributed by atoms with Gasteiger partial charge in [-0.3, -0.25) is 4.68 Å². The molecule has 0 saturated heterocycles. The fourth-order valence-electron chi connectivity index (χ4n) is 3.22. The van der Waals surface area contributed by atoms with Crippen molar-refractivity contribution < 1.29 is 0 Å². The molecule has 1 aromatic rings. The predicted octanol–water partition coefficient (Wildman–Crippen LogP) is 3.16. The number of nitrogens with zero attached hydrogens (tertiary/aromatic N) is 2. The fraction of sp³-hybridized carbons (Fsp3) is 0.812. The minimum atomic E-state index is 0.737. The van der Waals surface area contributed by atoms with Gasteiger partial charge in [-0.15, -0.1) is 0 Å². The molecule has 1 aliphatic rings. The summed E-state index contributed by atoms with van der Waals surface area (Å²) in [6.45, 7) is 5.84. The van der Waals surface area contributed by atoms with Crippen molar-refractivity contribution in [2.24, 2.45) is 18.9 Å². The van der Waals surface area contributed by atoms with Gasteiger partial charge in [0.1, 0.15) is 0 Å². The molecule has 0 aliphatic heterocycles. The molecule has 0 spiro atoms. The van der Waals surface area contributed by atoms with Crippen LogP contribution in [0.5, 0.6) is 0 Å². The van der Waals surface area contributed by atoms with Crippen molar-refractivity contribution in [3.05, 3.63) is 18.0 Å². The van der Waals surface area contributed by atoms with Crippen LogP contribution in [0.15, 0.2) is 12.4 Å². The lowest BCUT2D eigenvalue weighted by atomic mass is 9.89. The second kappa shape index (κ2) is 7.09. The van der Waals surface area contributed by atoms with Gasteiger partial charge in [-0.1, -0.05) is 26.7 Å². The van der Waals surface area contributed by atoms with E-state index < -0.39 is 0 Å². The Morgan fingerprint density at radius 2 is 2.16 bits per heavy atom. The van der Waals surface area contributed by atoms with Crippen LogP contribution in [0, 0.1) is 11.8 Å². The quantitative estimate of drug-likeness (QED) is 0.827. The first-order valence-corrected chi connectivity index (χ1v) is 7.86. The third-order valence-corrected chi connectivity index (χ3v) is 4.56. The molecule has 19 heavy (non-hydrogen) atoms. The molecule has 1 N–H and O–H groups in total. The SMILES string of the molecule is CC(C)C1CCCC(NCCc2cnn(C)c2)CC1. The zero-order chi connectivity index (χ0) is 13.7. The molecular weight excluding hydrogens is 234 g/mol. The minimum absolute atomic E-state index is 0.737. The first kappa shape index (κ1) is 14.6. The summed E-state index contributed by atoms with van der Waals surface area (Å²) < 4.78 is 1.88. The van der Waals surface area contributed by atoms with Crippen LogP contribution in [-0.2, 0) is 13.5 Å². The van der Waals surface area contributed by atoms with Crippen LogP contribution in [0.4, 0.5) is 0 Å². The van der Waals surface area contributed by atoms with Crippen molar-refractivity contribution in [1.82, 2.24) is 15.1 Å². The summed E-state index contributed by atoms with van der Waals surface area (Å²) in [7, 11) is 1.98. The molecule has 0 amide bonds. The molecule has 0 aromatic carbocycles. The Balaban J connectivity index is 1.68. The third kappa shape index (κ3) is 4.64. The van der Waals surface area contributed by atoms with Crippen molar-refractivity contribution in [2.45, 2.75) is 58.4 Å². The highest BCUT2D eigenvalue weighted by atomic mass is 15.2. The zero-order valence-corrected chi connectivity index (χ0v) is 12.7. The van der Waals surface area contributed by atoms with Gasteiger partial charge in [0.05, 0.1) is 6.20 Å². The molecule has 108 valence electrons. The molecular formula is C16H29N3. The number of rotatable bonds is 5. The van der Waals surface area contributed by atoms with Gasteiger partial charge in [0.25, 0.3) is 0 Å². The standard InChI is InChI=1S/C16H29N3/c1-13(2)15-5-4-6-16(8-7-15)17-10-9-14-11-18-19(3)12-14/h11-13,15-17H,4-10H2,1-3H3. The highest BCUT2D eigenvalue weighted by molar-refractivity contribution is 5.03. The Morgan fingerprint density at radius 1 is 1.32 bits per heavy atom. The Bertz CT molecular complexity index is 370. The lowest BCUT2D eigenvalue weighted by Gasteiger charge is -2.19. The molecule has 1 heterocycles. The predicted molar refractivity (Wildman–Crippen MR) is 80.1 cm³/mol. The summed E-state index contributed by atoms with van der Waals surface area (Å²) in [6, 6.07) is 0.737. The Hall–Kier alpha value is -0.830. The maximum atomic E-state index is 4.22. The van der Waals surface area contributed by atoms with E-state index in [2.05, 4.69) is 30.5 Å². The van der Waals surface area contributed by atoms with E-state index in [1.54, 1.807) is 0 Å². The topological polar surface area (TPSA) is 29.9 Å². The average Bonchev–Trinajstić information content (AvgIpc) is 2.64. The lowest BCUT2D eigenvalue weighted by molar-refractivity contribution is 0.338. The Kier molecular flexibility index (Phi) is 5.44. The molecule has 1 aromatic heterocycles. The van der Waals surface area contributed by atoms with Crippen molar-refractivity contribution in [3.63, 3.8) is 0 Å². The van der Waals surface area contributed by atoms with Crippen LogP contribution in [0.2, 0.25) is 0 Å². The molecule has 2 unspecified atom stereocenters. The van der Waals surface area contributed by atoms with Crippen molar-refractivity contribution >= 4 is 0 Å². The smallest absolute Gasteiger partial charge is 0.0522 e. The number of aryl methyl sites for hydroxylation is 1. The molecule has 3 nitrogen and oxygen atoms in total. The van der Waals surface area contributed by atoms with E-state index in [-0.39, 0.29) is 0 Å². The van der Waals surface area contributed by atoms with Crippen molar-refractivity contribution in [3.8, 4) is 0 Å². The summed E-state index contributed by atoms with van der Waals surface area (Å²) >= 11 is 0. The highest BCUT2D eigenvalue weighted by Gasteiger charge is 2.20. The second-order valence-electron chi connectivity index (χ2n) is 6.44. The van der Waals surface area contributed by atoms with Gasteiger partial charge in [0.15, 0.2) is 0 Å². The molecule has 0 bridgehead atoms. The first-order chi connectivity index (χ1) is 9.15. The van der Waals surface area contributed by atoms with Crippen LogP contribution in [0.3, 0.4) is 0 Å². The van der Waals surface area contributed by atoms with Crippen LogP contribution >= 0.6 is 0 Å². The van der Waals surface area contributed by atoms with E-state index in [9.17, 15) is 0 Å². The summed E-state index contributed by atoms with van der Waals surface area (Å²) in [5, 5.41) is 7.96. The largest absolute Gasteiger partial charge is 0.314 e. The average molecular weight is 263 g/mol.